The lowest BCUT2D eigenvalue weighted by Crippen LogP contribution is -2.17. The van der Waals surface area contributed by atoms with Crippen LogP contribution in [0.4, 0.5) is 0 Å². The molecule has 0 bridgehead atoms. The van der Waals surface area contributed by atoms with Crippen LogP contribution in [-0.2, 0) is 11.3 Å². The molecule has 102 valence electrons. The third-order valence-electron chi connectivity index (χ3n) is 2.45. The minimum Gasteiger partial charge on any atom is -0.508 e. The predicted octanol–water partition coefficient (Wildman–Crippen LogP) is 3.31. The second-order valence-corrected chi connectivity index (χ2v) is 5.69. The summed E-state index contributed by atoms with van der Waals surface area (Å²) in [6.45, 7) is 7.48. The van der Waals surface area contributed by atoms with E-state index in [-0.39, 0.29) is 0 Å². The van der Waals surface area contributed by atoms with Crippen LogP contribution in [0.3, 0.4) is 0 Å². The second-order valence-electron chi connectivity index (χ2n) is 4.77. The molecule has 1 aromatic carbocycles. The first-order chi connectivity index (χ1) is 8.59. The van der Waals surface area contributed by atoms with Crippen molar-refractivity contribution in [3.05, 3.63) is 28.2 Å². The standard InChI is InChI=1S/C14H22BrNO2/c1-11(2)10-18-7-3-6-16-9-12-8-13(15)4-5-14(12)17/h4-5,8,11,16-17H,3,6-7,9-10H2,1-2H3. The molecular weight excluding hydrogens is 294 g/mol. The number of ether oxygens (including phenoxy) is 1. The molecule has 4 heteroatoms. The molecule has 0 unspecified atom stereocenters. The van der Waals surface area contributed by atoms with Crippen molar-refractivity contribution in [3.63, 3.8) is 0 Å². The Morgan fingerprint density at radius 1 is 1.39 bits per heavy atom. The van der Waals surface area contributed by atoms with Gasteiger partial charge in [-0.1, -0.05) is 29.8 Å². The maximum Gasteiger partial charge on any atom is 0.120 e. The minimum absolute atomic E-state index is 0.335. The van der Waals surface area contributed by atoms with Crippen molar-refractivity contribution < 1.29 is 9.84 Å². The van der Waals surface area contributed by atoms with Crippen LogP contribution in [0.1, 0.15) is 25.8 Å². The predicted molar refractivity (Wildman–Crippen MR) is 77.8 cm³/mol. The molecule has 1 rings (SSSR count). The van der Waals surface area contributed by atoms with Gasteiger partial charge in [0, 0.05) is 29.8 Å². The molecule has 0 radical (unpaired) electrons. The molecule has 0 amide bonds. The maximum absolute atomic E-state index is 9.65. The molecule has 0 aliphatic carbocycles. The number of halogens is 1. The van der Waals surface area contributed by atoms with Gasteiger partial charge in [0.1, 0.15) is 5.75 Å². The molecule has 0 aliphatic heterocycles. The van der Waals surface area contributed by atoms with Crippen LogP contribution < -0.4 is 5.32 Å². The molecule has 3 nitrogen and oxygen atoms in total. The fraction of sp³-hybridized carbons (Fsp3) is 0.571. The quantitative estimate of drug-likeness (QED) is 0.723. The minimum atomic E-state index is 0.335. The second kappa shape index (κ2) is 8.51. The van der Waals surface area contributed by atoms with E-state index < -0.39 is 0 Å². The first-order valence-electron chi connectivity index (χ1n) is 6.35. The van der Waals surface area contributed by atoms with E-state index in [0.29, 0.717) is 18.2 Å². The third-order valence-corrected chi connectivity index (χ3v) is 2.94. The van der Waals surface area contributed by atoms with Crippen molar-refractivity contribution in [2.45, 2.75) is 26.8 Å². The van der Waals surface area contributed by atoms with Gasteiger partial charge in [-0.05, 0) is 37.1 Å². The van der Waals surface area contributed by atoms with E-state index in [9.17, 15) is 5.11 Å². The van der Waals surface area contributed by atoms with Crippen LogP contribution in [0.15, 0.2) is 22.7 Å². The number of benzene rings is 1. The highest BCUT2D eigenvalue weighted by atomic mass is 79.9. The molecule has 0 spiro atoms. The summed E-state index contributed by atoms with van der Waals surface area (Å²) in [5.41, 5.74) is 0.910. The lowest BCUT2D eigenvalue weighted by atomic mass is 10.2. The van der Waals surface area contributed by atoms with Crippen molar-refractivity contribution in [3.8, 4) is 5.75 Å². The fourth-order valence-corrected chi connectivity index (χ4v) is 1.95. The van der Waals surface area contributed by atoms with E-state index in [1.165, 1.54) is 0 Å². The van der Waals surface area contributed by atoms with Crippen molar-refractivity contribution in [1.29, 1.82) is 0 Å². The SMILES string of the molecule is CC(C)COCCCNCc1cc(Br)ccc1O. The van der Waals surface area contributed by atoms with E-state index in [0.717, 1.165) is 36.2 Å². The largest absolute Gasteiger partial charge is 0.508 e. The molecule has 2 N–H and O–H groups in total. The van der Waals surface area contributed by atoms with Crippen LogP contribution in [-0.4, -0.2) is 24.9 Å². The zero-order valence-corrected chi connectivity index (χ0v) is 12.7. The zero-order chi connectivity index (χ0) is 13.4. The van der Waals surface area contributed by atoms with Gasteiger partial charge < -0.3 is 15.2 Å². The maximum atomic E-state index is 9.65. The number of phenolic OH excluding ortho intramolecular Hbond substituents is 1. The molecule has 0 saturated heterocycles. The summed E-state index contributed by atoms with van der Waals surface area (Å²) in [4.78, 5) is 0. The van der Waals surface area contributed by atoms with Gasteiger partial charge in [-0.25, -0.2) is 0 Å². The molecule has 0 fully saturated rings. The first-order valence-corrected chi connectivity index (χ1v) is 7.14. The van der Waals surface area contributed by atoms with Gasteiger partial charge in [0.15, 0.2) is 0 Å². The summed E-state index contributed by atoms with van der Waals surface area (Å²) in [5, 5.41) is 12.9. The number of hydrogen-bond acceptors (Lipinski definition) is 3. The highest BCUT2D eigenvalue weighted by Gasteiger charge is 2.01. The van der Waals surface area contributed by atoms with Crippen molar-refractivity contribution in [2.75, 3.05) is 19.8 Å². The average Bonchev–Trinajstić information content (AvgIpc) is 2.32. The monoisotopic (exact) mass is 315 g/mol. The number of rotatable bonds is 8. The normalized spacial score (nSPS) is 11.1. The average molecular weight is 316 g/mol. The Morgan fingerprint density at radius 2 is 2.17 bits per heavy atom. The molecule has 18 heavy (non-hydrogen) atoms. The third kappa shape index (κ3) is 6.38. The number of aromatic hydroxyl groups is 1. The van der Waals surface area contributed by atoms with Crippen molar-refractivity contribution >= 4 is 15.9 Å². The Kier molecular flexibility index (Phi) is 7.32. The molecule has 0 aliphatic rings. The molecular formula is C14H22BrNO2. The summed E-state index contributed by atoms with van der Waals surface area (Å²) in [5.74, 6) is 0.929. The van der Waals surface area contributed by atoms with Gasteiger partial charge in [0.2, 0.25) is 0 Å². The van der Waals surface area contributed by atoms with Gasteiger partial charge in [0.05, 0.1) is 0 Å². The van der Waals surface area contributed by atoms with Crippen molar-refractivity contribution in [2.24, 2.45) is 5.92 Å². The van der Waals surface area contributed by atoms with Gasteiger partial charge in [-0.15, -0.1) is 0 Å². The fourth-order valence-electron chi connectivity index (χ4n) is 1.54. The highest BCUT2D eigenvalue weighted by molar-refractivity contribution is 9.10. The van der Waals surface area contributed by atoms with Gasteiger partial charge in [-0.2, -0.15) is 0 Å². The Morgan fingerprint density at radius 3 is 2.89 bits per heavy atom. The highest BCUT2D eigenvalue weighted by Crippen LogP contribution is 2.21. The van der Waals surface area contributed by atoms with Crippen molar-refractivity contribution in [1.82, 2.24) is 5.32 Å². The summed E-state index contributed by atoms with van der Waals surface area (Å²) >= 11 is 3.39. The summed E-state index contributed by atoms with van der Waals surface area (Å²) in [6, 6.07) is 5.46. The lowest BCUT2D eigenvalue weighted by Gasteiger charge is -2.09. The smallest absolute Gasteiger partial charge is 0.120 e. The Bertz CT molecular complexity index is 356. The van der Waals surface area contributed by atoms with Gasteiger partial charge in [0.25, 0.3) is 0 Å². The van der Waals surface area contributed by atoms with Crippen LogP contribution in [0.5, 0.6) is 5.75 Å². The molecule has 0 atom stereocenters. The Balaban J connectivity index is 2.12. The first kappa shape index (κ1) is 15.5. The number of phenols is 1. The van der Waals surface area contributed by atoms with E-state index in [4.69, 9.17) is 4.74 Å². The van der Waals surface area contributed by atoms with E-state index in [1.54, 1.807) is 6.07 Å². The van der Waals surface area contributed by atoms with Gasteiger partial charge in [-0.3, -0.25) is 0 Å². The molecule has 0 aromatic heterocycles. The van der Waals surface area contributed by atoms with Crippen LogP contribution in [0, 0.1) is 5.92 Å². The summed E-state index contributed by atoms with van der Waals surface area (Å²) in [7, 11) is 0. The Labute approximate surface area is 118 Å². The van der Waals surface area contributed by atoms with Crippen LogP contribution in [0.25, 0.3) is 0 Å². The number of hydrogen-bond donors (Lipinski definition) is 2. The molecule has 1 aromatic rings. The summed E-state index contributed by atoms with van der Waals surface area (Å²) in [6.07, 6.45) is 0.988. The lowest BCUT2D eigenvalue weighted by molar-refractivity contribution is 0.108. The van der Waals surface area contributed by atoms with Crippen LogP contribution >= 0.6 is 15.9 Å². The van der Waals surface area contributed by atoms with E-state index >= 15 is 0 Å². The Hall–Kier alpha value is -0.580. The topological polar surface area (TPSA) is 41.5 Å². The van der Waals surface area contributed by atoms with Crippen LogP contribution in [0.2, 0.25) is 0 Å². The zero-order valence-electron chi connectivity index (χ0n) is 11.1. The summed E-state index contributed by atoms with van der Waals surface area (Å²) < 4.78 is 6.48. The van der Waals surface area contributed by atoms with Gasteiger partial charge >= 0.3 is 0 Å². The molecule has 0 heterocycles. The van der Waals surface area contributed by atoms with E-state index in [2.05, 4.69) is 35.1 Å². The number of nitrogens with one attached hydrogen (secondary N) is 1. The van der Waals surface area contributed by atoms with E-state index in [1.807, 2.05) is 12.1 Å². The molecule has 0 saturated carbocycles.